The lowest BCUT2D eigenvalue weighted by atomic mass is 10.1. The highest BCUT2D eigenvalue weighted by atomic mass is 79.9. The van der Waals surface area contributed by atoms with E-state index in [1.807, 2.05) is 49.4 Å². The summed E-state index contributed by atoms with van der Waals surface area (Å²) in [6.07, 6.45) is 1.72. The Labute approximate surface area is 224 Å². The summed E-state index contributed by atoms with van der Waals surface area (Å²) in [5, 5.41) is 5.03. The molecule has 3 aromatic carbocycles. The van der Waals surface area contributed by atoms with Gasteiger partial charge in [-0.05, 0) is 81.8 Å². The Balaban J connectivity index is 1.39. The van der Waals surface area contributed by atoms with E-state index in [4.69, 9.17) is 4.74 Å². The van der Waals surface area contributed by atoms with Gasteiger partial charge in [0.15, 0.2) is 0 Å². The van der Waals surface area contributed by atoms with Crippen molar-refractivity contribution in [3.63, 3.8) is 0 Å². The fraction of sp³-hybridized carbons (Fsp3) is 0.167. The number of rotatable bonds is 6. The highest BCUT2D eigenvalue weighted by Gasteiger charge is 2.12. The molecule has 0 atom stereocenters. The number of halogens is 1. The Kier molecular flexibility index (Phi) is 6.80. The summed E-state index contributed by atoms with van der Waals surface area (Å²) >= 11 is 3.43. The normalized spacial score (nSPS) is 11.5. The SMILES string of the molecule is Cc1cccc(COc2ccc(-n3c(C)cc(C=Nn4c(C)nc5ccc(Br)cc5c4=O)c3C)cc2)c1. The first-order chi connectivity index (χ1) is 17.8. The maximum atomic E-state index is 13.1. The highest BCUT2D eigenvalue weighted by Crippen LogP contribution is 2.23. The average Bonchev–Trinajstić information content (AvgIpc) is 3.16. The van der Waals surface area contributed by atoms with Crippen LogP contribution in [-0.4, -0.2) is 20.4 Å². The molecular weight excluding hydrogens is 528 g/mol. The number of hydrogen-bond donors (Lipinski definition) is 0. The van der Waals surface area contributed by atoms with Crippen molar-refractivity contribution in [1.82, 2.24) is 14.2 Å². The van der Waals surface area contributed by atoms with E-state index in [2.05, 4.69) is 68.7 Å². The fourth-order valence-electron chi connectivity index (χ4n) is 4.49. The number of aryl methyl sites for hydroxylation is 3. The first-order valence-electron chi connectivity index (χ1n) is 12.0. The molecule has 0 aliphatic heterocycles. The van der Waals surface area contributed by atoms with E-state index >= 15 is 0 Å². The predicted molar refractivity (Wildman–Crippen MR) is 152 cm³/mol. The van der Waals surface area contributed by atoms with Gasteiger partial charge in [0.25, 0.3) is 5.56 Å². The van der Waals surface area contributed by atoms with Crippen LogP contribution in [0.1, 0.15) is 33.9 Å². The van der Waals surface area contributed by atoms with E-state index < -0.39 is 0 Å². The summed E-state index contributed by atoms with van der Waals surface area (Å²) in [7, 11) is 0. The van der Waals surface area contributed by atoms with Gasteiger partial charge in [0.2, 0.25) is 0 Å². The zero-order valence-electron chi connectivity index (χ0n) is 21.2. The monoisotopic (exact) mass is 554 g/mol. The van der Waals surface area contributed by atoms with Gasteiger partial charge < -0.3 is 9.30 Å². The van der Waals surface area contributed by atoms with Crippen molar-refractivity contribution in [2.24, 2.45) is 5.10 Å². The van der Waals surface area contributed by atoms with E-state index in [9.17, 15) is 4.79 Å². The first-order valence-corrected chi connectivity index (χ1v) is 12.8. The summed E-state index contributed by atoms with van der Waals surface area (Å²) in [6.45, 7) is 8.49. The van der Waals surface area contributed by atoms with E-state index in [1.165, 1.54) is 10.2 Å². The second-order valence-electron chi connectivity index (χ2n) is 9.12. The van der Waals surface area contributed by atoms with Gasteiger partial charge in [-0.25, -0.2) is 4.98 Å². The molecule has 7 heteroatoms. The quantitative estimate of drug-likeness (QED) is 0.221. The minimum atomic E-state index is -0.199. The van der Waals surface area contributed by atoms with Crippen LogP contribution in [0, 0.1) is 27.7 Å². The van der Waals surface area contributed by atoms with Gasteiger partial charge in [0, 0.05) is 27.1 Å². The van der Waals surface area contributed by atoms with Crippen molar-refractivity contribution in [3.05, 3.63) is 122 Å². The van der Waals surface area contributed by atoms with Crippen LogP contribution in [0.5, 0.6) is 5.75 Å². The predicted octanol–water partition coefficient (Wildman–Crippen LogP) is 6.64. The van der Waals surface area contributed by atoms with E-state index in [-0.39, 0.29) is 5.56 Å². The van der Waals surface area contributed by atoms with Gasteiger partial charge in [-0.2, -0.15) is 9.78 Å². The second-order valence-corrected chi connectivity index (χ2v) is 10.0. The number of benzene rings is 3. The van der Waals surface area contributed by atoms with Gasteiger partial charge in [0.1, 0.15) is 18.2 Å². The van der Waals surface area contributed by atoms with Gasteiger partial charge in [-0.3, -0.25) is 4.79 Å². The van der Waals surface area contributed by atoms with Crippen molar-refractivity contribution < 1.29 is 4.74 Å². The molecule has 37 heavy (non-hydrogen) atoms. The molecular formula is C30H27BrN4O2. The van der Waals surface area contributed by atoms with E-state index in [1.54, 1.807) is 19.2 Å². The third-order valence-electron chi connectivity index (χ3n) is 6.34. The molecule has 0 fully saturated rings. The van der Waals surface area contributed by atoms with Gasteiger partial charge in [0.05, 0.1) is 17.1 Å². The first kappa shape index (κ1) is 24.7. The number of nitrogens with zero attached hydrogens (tertiary/aromatic N) is 4. The van der Waals surface area contributed by atoms with Crippen LogP contribution in [0.4, 0.5) is 0 Å². The van der Waals surface area contributed by atoms with Gasteiger partial charge in [-0.15, -0.1) is 0 Å². The number of fused-ring (bicyclic) bond motifs is 1. The molecule has 186 valence electrons. The minimum absolute atomic E-state index is 0.199. The van der Waals surface area contributed by atoms with Crippen LogP contribution < -0.4 is 10.3 Å². The molecule has 5 aromatic rings. The van der Waals surface area contributed by atoms with Gasteiger partial charge in [-0.1, -0.05) is 45.8 Å². The molecule has 2 heterocycles. The van der Waals surface area contributed by atoms with Gasteiger partial charge >= 0.3 is 0 Å². The summed E-state index contributed by atoms with van der Waals surface area (Å²) in [5.74, 6) is 1.35. The Morgan fingerprint density at radius 2 is 1.76 bits per heavy atom. The van der Waals surface area contributed by atoms with Crippen LogP contribution in [-0.2, 0) is 6.61 Å². The molecule has 0 bridgehead atoms. The minimum Gasteiger partial charge on any atom is -0.489 e. The van der Waals surface area contributed by atoms with Crippen LogP contribution in [0.25, 0.3) is 16.6 Å². The molecule has 5 rings (SSSR count). The molecule has 0 amide bonds. The Morgan fingerprint density at radius 3 is 2.51 bits per heavy atom. The lowest BCUT2D eigenvalue weighted by Gasteiger charge is -2.12. The molecule has 0 saturated carbocycles. The average molecular weight is 555 g/mol. The lowest BCUT2D eigenvalue weighted by molar-refractivity contribution is 0.306. The summed E-state index contributed by atoms with van der Waals surface area (Å²) in [6, 6.07) is 23.9. The van der Waals surface area contributed by atoms with Crippen molar-refractivity contribution in [2.75, 3.05) is 0 Å². The Hall–Kier alpha value is -3.97. The van der Waals surface area contributed by atoms with Crippen LogP contribution in [0.3, 0.4) is 0 Å². The summed E-state index contributed by atoms with van der Waals surface area (Å²) in [4.78, 5) is 17.6. The van der Waals surface area contributed by atoms with Crippen molar-refractivity contribution in [2.45, 2.75) is 34.3 Å². The third kappa shape index (κ3) is 5.13. The molecule has 0 spiro atoms. The molecule has 6 nitrogen and oxygen atoms in total. The molecule has 2 aromatic heterocycles. The maximum Gasteiger partial charge on any atom is 0.282 e. The summed E-state index contributed by atoms with van der Waals surface area (Å²) < 4.78 is 10.3. The molecule has 0 radical (unpaired) electrons. The Bertz CT molecular complexity index is 1700. The largest absolute Gasteiger partial charge is 0.489 e. The zero-order valence-corrected chi connectivity index (χ0v) is 22.8. The number of ether oxygens (including phenoxy) is 1. The number of hydrogen-bond acceptors (Lipinski definition) is 4. The molecule has 0 aliphatic rings. The summed E-state index contributed by atoms with van der Waals surface area (Å²) in [5.41, 5.74) is 6.87. The number of aromatic nitrogens is 3. The standard InChI is InChI=1S/C30H27BrN4O2/c1-19-6-5-7-23(14-19)18-37-27-11-9-26(10-12-27)34-20(2)15-24(21(34)3)17-32-35-22(4)33-29-13-8-25(31)16-28(29)30(35)36/h5-17H,18H2,1-4H3. The fourth-order valence-corrected chi connectivity index (χ4v) is 4.85. The van der Waals surface area contributed by atoms with Crippen LogP contribution in [0.15, 0.2) is 87.2 Å². The highest BCUT2D eigenvalue weighted by molar-refractivity contribution is 9.10. The van der Waals surface area contributed by atoms with Crippen molar-refractivity contribution in [1.29, 1.82) is 0 Å². The molecule has 0 saturated heterocycles. The van der Waals surface area contributed by atoms with Crippen molar-refractivity contribution >= 4 is 33.0 Å². The molecule has 0 N–H and O–H groups in total. The topological polar surface area (TPSA) is 61.4 Å². The van der Waals surface area contributed by atoms with Crippen LogP contribution >= 0.6 is 15.9 Å². The van der Waals surface area contributed by atoms with Crippen LogP contribution in [0.2, 0.25) is 0 Å². The maximum absolute atomic E-state index is 13.1. The third-order valence-corrected chi connectivity index (χ3v) is 6.83. The lowest BCUT2D eigenvalue weighted by Crippen LogP contribution is -2.20. The Morgan fingerprint density at radius 1 is 0.973 bits per heavy atom. The zero-order chi connectivity index (χ0) is 26.1. The molecule has 0 unspecified atom stereocenters. The van der Waals surface area contributed by atoms with E-state index in [0.717, 1.165) is 38.4 Å². The van der Waals surface area contributed by atoms with Crippen molar-refractivity contribution in [3.8, 4) is 11.4 Å². The smallest absolute Gasteiger partial charge is 0.282 e. The molecule has 0 aliphatic carbocycles. The van der Waals surface area contributed by atoms with E-state index in [0.29, 0.717) is 23.3 Å². The second kappa shape index (κ2) is 10.2.